The molecule has 3 nitrogen and oxygen atoms in total. The summed E-state index contributed by atoms with van der Waals surface area (Å²) < 4.78 is 0. The Morgan fingerprint density at radius 1 is 1.04 bits per heavy atom. The second-order valence-electron chi connectivity index (χ2n) is 6.87. The minimum Gasteiger partial charge on any atom is -0.369 e. The normalized spacial score (nSPS) is 11.4. The minimum atomic E-state index is -0.576. The first-order chi connectivity index (χ1) is 11.4. The molecule has 0 unspecified atom stereocenters. The number of carbonyl (C=O) groups is 1. The molecule has 0 saturated carbocycles. The summed E-state index contributed by atoms with van der Waals surface area (Å²) in [4.78, 5) is 15.0. The third-order valence-corrected chi connectivity index (χ3v) is 4.48. The average molecular weight is 324 g/mol. The first-order valence-corrected chi connectivity index (χ1v) is 8.60. The summed E-state index contributed by atoms with van der Waals surface area (Å²) in [6.07, 6.45) is 0. The molecule has 0 aliphatic heterocycles. The van der Waals surface area contributed by atoms with Gasteiger partial charge in [-0.1, -0.05) is 30.3 Å². The van der Waals surface area contributed by atoms with Gasteiger partial charge in [0.15, 0.2) is 0 Å². The van der Waals surface area contributed by atoms with Gasteiger partial charge in [-0.05, 0) is 64.4 Å². The third-order valence-electron chi connectivity index (χ3n) is 4.48. The standard InChI is InChI=1S/C21H28N2O/c1-6-23(16(2)3)19-14-12-18(13-15-19)22-20(24)21(4,5)17-10-8-7-9-11-17/h7-16H,6H2,1-5H3,(H,22,24). The Morgan fingerprint density at radius 3 is 2.12 bits per heavy atom. The van der Waals surface area contributed by atoms with Crippen LogP contribution in [0.1, 0.15) is 40.2 Å². The molecule has 0 aromatic heterocycles. The Bertz CT molecular complexity index is 660. The zero-order valence-electron chi connectivity index (χ0n) is 15.3. The molecule has 0 bridgehead atoms. The molecule has 2 aromatic rings. The monoisotopic (exact) mass is 324 g/mol. The van der Waals surface area contributed by atoms with Crippen molar-refractivity contribution >= 4 is 17.3 Å². The van der Waals surface area contributed by atoms with Crippen molar-refractivity contribution < 1.29 is 4.79 Å². The highest BCUT2D eigenvalue weighted by Gasteiger charge is 2.29. The SMILES string of the molecule is CCN(c1ccc(NC(=O)C(C)(C)c2ccccc2)cc1)C(C)C. The lowest BCUT2D eigenvalue weighted by atomic mass is 9.83. The van der Waals surface area contributed by atoms with E-state index < -0.39 is 5.41 Å². The molecule has 2 rings (SSSR count). The summed E-state index contributed by atoms with van der Waals surface area (Å²) >= 11 is 0. The van der Waals surface area contributed by atoms with Gasteiger partial charge in [0.05, 0.1) is 5.41 Å². The third kappa shape index (κ3) is 3.97. The van der Waals surface area contributed by atoms with Gasteiger partial charge in [0.2, 0.25) is 5.91 Å². The van der Waals surface area contributed by atoms with Gasteiger partial charge in [-0.15, -0.1) is 0 Å². The van der Waals surface area contributed by atoms with Crippen molar-refractivity contribution in [3.8, 4) is 0 Å². The van der Waals surface area contributed by atoms with Gasteiger partial charge in [0, 0.05) is 24.0 Å². The molecule has 0 saturated heterocycles. The van der Waals surface area contributed by atoms with Crippen molar-refractivity contribution in [1.29, 1.82) is 0 Å². The van der Waals surface area contributed by atoms with E-state index in [2.05, 4.69) is 43.1 Å². The molecule has 0 heterocycles. The van der Waals surface area contributed by atoms with E-state index in [0.717, 1.165) is 17.8 Å². The van der Waals surface area contributed by atoms with Crippen LogP contribution in [0, 0.1) is 0 Å². The van der Waals surface area contributed by atoms with Gasteiger partial charge in [-0.3, -0.25) is 4.79 Å². The maximum Gasteiger partial charge on any atom is 0.234 e. The molecule has 24 heavy (non-hydrogen) atoms. The number of hydrogen-bond acceptors (Lipinski definition) is 2. The molecule has 0 aliphatic carbocycles. The van der Waals surface area contributed by atoms with E-state index in [-0.39, 0.29) is 5.91 Å². The fraction of sp³-hybridized carbons (Fsp3) is 0.381. The average Bonchev–Trinajstić information content (AvgIpc) is 2.57. The first-order valence-electron chi connectivity index (χ1n) is 8.60. The molecule has 0 radical (unpaired) electrons. The quantitative estimate of drug-likeness (QED) is 0.825. The Labute approximate surface area is 145 Å². The van der Waals surface area contributed by atoms with Gasteiger partial charge in [0.1, 0.15) is 0 Å². The van der Waals surface area contributed by atoms with E-state index in [1.807, 2.05) is 56.3 Å². The number of amides is 1. The Morgan fingerprint density at radius 2 is 1.62 bits per heavy atom. The largest absolute Gasteiger partial charge is 0.369 e. The van der Waals surface area contributed by atoms with Crippen LogP contribution in [-0.4, -0.2) is 18.5 Å². The zero-order chi connectivity index (χ0) is 17.7. The van der Waals surface area contributed by atoms with Crippen molar-refractivity contribution in [3.05, 3.63) is 60.2 Å². The van der Waals surface area contributed by atoms with E-state index >= 15 is 0 Å². The number of nitrogens with zero attached hydrogens (tertiary/aromatic N) is 1. The summed E-state index contributed by atoms with van der Waals surface area (Å²) in [7, 11) is 0. The molecule has 128 valence electrons. The van der Waals surface area contributed by atoms with Crippen molar-refractivity contribution in [3.63, 3.8) is 0 Å². The molecular weight excluding hydrogens is 296 g/mol. The van der Waals surface area contributed by atoms with E-state index in [1.54, 1.807) is 0 Å². The van der Waals surface area contributed by atoms with E-state index in [0.29, 0.717) is 6.04 Å². The summed E-state index contributed by atoms with van der Waals surface area (Å²) in [5, 5.41) is 3.04. The number of carbonyl (C=O) groups excluding carboxylic acids is 1. The number of anilines is 2. The van der Waals surface area contributed by atoms with Crippen LogP contribution >= 0.6 is 0 Å². The molecule has 0 spiro atoms. The van der Waals surface area contributed by atoms with Crippen LogP contribution in [0.25, 0.3) is 0 Å². The Kier molecular flexibility index (Phi) is 5.66. The smallest absolute Gasteiger partial charge is 0.234 e. The van der Waals surface area contributed by atoms with Gasteiger partial charge in [-0.2, -0.15) is 0 Å². The number of benzene rings is 2. The lowest BCUT2D eigenvalue weighted by Gasteiger charge is -2.28. The number of nitrogens with one attached hydrogen (secondary N) is 1. The fourth-order valence-electron chi connectivity index (χ4n) is 2.86. The molecular formula is C21H28N2O. The van der Waals surface area contributed by atoms with E-state index in [1.165, 1.54) is 5.69 Å². The molecule has 2 aromatic carbocycles. The van der Waals surface area contributed by atoms with Crippen LogP contribution < -0.4 is 10.2 Å². The van der Waals surface area contributed by atoms with Crippen LogP contribution in [0.3, 0.4) is 0 Å². The van der Waals surface area contributed by atoms with Crippen LogP contribution in [0.5, 0.6) is 0 Å². The van der Waals surface area contributed by atoms with Gasteiger partial charge in [0.25, 0.3) is 0 Å². The maximum absolute atomic E-state index is 12.7. The van der Waals surface area contributed by atoms with Gasteiger partial charge < -0.3 is 10.2 Å². The van der Waals surface area contributed by atoms with Crippen LogP contribution in [0.4, 0.5) is 11.4 Å². The Balaban J connectivity index is 2.12. The van der Waals surface area contributed by atoms with Crippen LogP contribution in [0.15, 0.2) is 54.6 Å². The summed E-state index contributed by atoms with van der Waals surface area (Å²) in [6.45, 7) is 11.4. The summed E-state index contributed by atoms with van der Waals surface area (Å²) in [6, 6.07) is 18.4. The highest BCUT2D eigenvalue weighted by atomic mass is 16.2. The van der Waals surface area contributed by atoms with Crippen LogP contribution in [-0.2, 0) is 10.2 Å². The molecule has 1 N–H and O–H groups in total. The topological polar surface area (TPSA) is 32.3 Å². The highest BCUT2D eigenvalue weighted by molar-refractivity contribution is 5.98. The molecule has 0 fully saturated rings. The fourth-order valence-corrected chi connectivity index (χ4v) is 2.86. The Hall–Kier alpha value is -2.29. The number of hydrogen-bond donors (Lipinski definition) is 1. The van der Waals surface area contributed by atoms with Crippen LogP contribution in [0.2, 0.25) is 0 Å². The van der Waals surface area contributed by atoms with Crippen molar-refractivity contribution in [1.82, 2.24) is 0 Å². The zero-order valence-corrected chi connectivity index (χ0v) is 15.3. The van der Waals surface area contributed by atoms with Gasteiger partial charge >= 0.3 is 0 Å². The minimum absolute atomic E-state index is 0.00217. The summed E-state index contributed by atoms with van der Waals surface area (Å²) in [5.74, 6) is -0.00217. The van der Waals surface area contributed by atoms with E-state index in [9.17, 15) is 4.79 Å². The lowest BCUT2D eigenvalue weighted by molar-refractivity contribution is -0.120. The van der Waals surface area contributed by atoms with Crippen molar-refractivity contribution in [2.75, 3.05) is 16.8 Å². The maximum atomic E-state index is 12.7. The lowest BCUT2D eigenvalue weighted by Crippen LogP contribution is -2.34. The van der Waals surface area contributed by atoms with E-state index in [4.69, 9.17) is 0 Å². The highest BCUT2D eigenvalue weighted by Crippen LogP contribution is 2.26. The number of rotatable bonds is 6. The predicted molar refractivity (Wildman–Crippen MR) is 103 cm³/mol. The first kappa shape index (κ1) is 18.1. The molecule has 0 atom stereocenters. The second-order valence-corrected chi connectivity index (χ2v) is 6.87. The predicted octanol–water partition coefficient (Wildman–Crippen LogP) is 4.84. The molecule has 1 amide bonds. The molecule has 3 heteroatoms. The summed E-state index contributed by atoms with van der Waals surface area (Å²) in [5.41, 5.74) is 2.43. The van der Waals surface area contributed by atoms with Crippen molar-refractivity contribution in [2.45, 2.75) is 46.1 Å². The van der Waals surface area contributed by atoms with Crippen molar-refractivity contribution in [2.24, 2.45) is 0 Å². The van der Waals surface area contributed by atoms with Gasteiger partial charge in [-0.25, -0.2) is 0 Å². The second kappa shape index (κ2) is 7.52. The molecule has 0 aliphatic rings.